The number of aromatic nitrogens is 4. The summed E-state index contributed by atoms with van der Waals surface area (Å²) in [7, 11) is 0. The van der Waals surface area contributed by atoms with Gasteiger partial charge in [-0.1, -0.05) is 0 Å². The molecule has 0 fully saturated rings. The quantitative estimate of drug-likeness (QED) is 0.252. The van der Waals surface area contributed by atoms with Crippen molar-refractivity contribution in [3.05, 3.63) is 38.7 Å². The third-order valence-electron chi connectivity index (χ3n) is 1.73. The lowest BCUT2D eigenvalue weighted by atomic mass is 10.3. The molecule has 2 rings (SSSR count). The van der Waals surface area contributed by atoms with Crippen molar-refractivity contribution >= 4 is 16.7 Å². The van der Waals surface area contributed by atoms with Crippen LogP contribution in [0.3, 0.4) is 0 Å². The zero-order valence-electron chi connectivity index (χ0n) is 7.10. The van der Waals surface area contributed by atoms with Crippen LogP contribution in [0.4, 0.5) is 5.69 Å². The summed E-state index contributed by atoms with van der Waals surface area (Å²) in [5.74, 6) is 0. The molecular weight excluding hydrogens is 207 g/mol. The molecule has 0 aliphatic carbocycles. The molecule has 0 atom stereocenters. The average Bonchev–Trinajstić information content (AvgIpc) is 2.16. The van der Waals surface area contributed by atoms with Gasteiger partial charge in [-0.3, -0.25) is 10.1 Å². The van der Waals surface area contributed by atoms with Gasteiger partial charge >= 0.3 is 5.21 Å². The van der Waals surface area contributed by atoms with Crippen molar-refractivity contribution in [2.45, 2.75) is 0 Å². The molecule has 0 saturated carbocycles. The minimum absolute atomic E-state index is 0.0116. The van der Waals surface area contributed by atoms with Crippen molar-refractivity contribution in [3.8, 4) is 0 Å². The fraction of sp³-hybridized carbons (Fsp3) is 0. The molecule has 0 N–H and O–H groups in total. The fourth-order valence-electron chi connectivity index (χ4n) is 1.09. The lowest BCUT2D eigenvalue weighted by Gasteiger charge is -1.95. The minimum Gasteiger partial charge on any atom is -0.590 e. The van der Waals surface area contributed by atoms with E-state index in [1.807, 2.05) is 0 Å². The summed E-state index contributed by atoms with van der Waals surface area (Å²) in [6.07, 6.45) is 0. The third kappa shape index (κ3) is 1.45. The zero-order chi connectivity index (χ0) is 11.0. The first-order chi connectivity index (χ1) is 7.08. The van der Waals surface area contributed by atoms with E-state index in [4.69, 9.17) is 0 Å². The van der Waals surface area contributed by atoms with Crippen LogP contribution < -0.4 is 9.80 Å². The van der Waals surface area contributed by atoms with Gasteiger partial charge in [0.15, 0.2) is 0 Å². The zero-order valence-corrected chi connectivity index (χ0v) is 7.10. The van der Waals surface area contributed by atoms with Crippen LogP contribution in [0.25, 0.3) is 11.0 Å². The number of non-ortho nitro benzene ring substituents is 1. The van der Waals surface area contributed by atoms with Gasteiger partial charge in [-0.25, -0.2) is 0 Å². The van der Waals surface area contributed by atoms with Crippen molar-refractivity contribution in [3.63, 3.8) is 0 Å². The Balaban J connectivity index is 2.76. The van der Waals surface area contributed by atoms with Crippen molar-refractivity contribution in [2.75, 3.05) is 0 Å². The van der Waals surface area contributed by atoms with Gasteiger partial charge in [0.2, 0.25) is 5.52 Å². The Morgan fingerprint density at radius 1 is 1.33 bits per heavy atom. The standard InChI is InChI=1S/C6H3N5O4/c12-9-6-3-4(10(13)14)1-2-5(6)7-11(15)8-9/h1-3H/i11+1. The number of nitro groups is 1. The second kappa shape index (κ2) is 2.97. The Labute approximate surface area is 81.5 Å². The minimum atomic E-state index is -0.655. The van der Waals surface area contributed by atoms with E-state index in [0.717, 1.165) is 12.1 Å². The van der Waals surface area contributed by atoms with Gasteiger partial charge in [-0.15, -0.1) is 0 Å². The lowest BCUT2D eigenvalue weighted by Crippen LogP contribution is -2.50. The van der Waals surface area contributed by atoms with E-state index in [0.29, 0.717) is 0 Å². The summed E-state index contributed by atoms with van der Waals surface area (Å²) < 4.78 is 0. The van der Waals surface area contributed by atoms with E-state index in [9.17, 15) is 20.5 Å². The van der Waals surface area contributed by atoms with Gasteiger partial charge in [0.1, 0.15) is 4.96 Å². The summed E-state index contributed by atoms with van der Waals surface area (Å²) in [4.78, 5) is 9.59. The normalized spacial score (nSPS) is 10.4. The number of rotatable bonds is 1. The van der Waals surface area contributed by atoms with E-state index in [1.165, 1.54) is 6.07 Å². The first-order valence-electron chi connectivity index (χ1n) is 3.74. The Morgan fingerprint density at radius 3 is 2.73 bits per heavy atom. The molecular formula is C6H3N5O4. The molecule has 0 radical (unpaired) electrons. The summed E-state index contributed by atoms with van der Waals surface area (Å²) in [5, 5.41) is 38.4. The number of nitro benzene ring substituents is 1. The summed E-state index contributed by atoms with van der Waals surface area (Å²) in [6, 6.07) is 3.36. The van der Waals surface area contributed by atoms with Crippen LogP contribution in [0.15, 0.2) is 18.2 Å². The maximum Gasteiger partial charge on any atom is 0.326 e. The summed E-state index contributed by atoms with van der Waals surface area (Å²) in [5.41, 5.74) is -0.351. The van der Waals surface area contributed by atoms with E-state index < -0.39 is 4.92 Å². The summed E-state index contributed by atoms with van der Waals surface area (Å²) in [6.45, 7) is 0. The molecule has 9 heteroatoms. The van der Waals surface area contributed by atoms with Crippen molar-refractivity contribution in [1.29, 1.82) is 0 Å². The number of fused-ring (bicyclic) bond motifs is 1. The molecule has 1 aromatic carbocycles. The SMILES string of the molecule is O=[N+]([O-])c1ccc2n[15n+]([O-])n[n+]([O-])c2c1. The van der Waals surface area contributed by atoms with Gasteiger partial charge in [0, 0.05) is 10.9 Å². The molecule has 0 amide bonds. The fourth-order valence-corrected chi connectivity index (χ4v) is 1.09. The monoisotopic (exact) mass is 210 g/mol. The second-order valence-electron chi connectivity index (χ2n) is 2.65. The van der Waals surface area contributed by atoms with Crippen LogP contribution in [0, 0.1) is 20.5 Å². The highest BCUT2D eigenvalue weighted by Crippen LogP contribution is 2.14. The molecule has 76 valence electrons. The van der Waals surface area contributed by atoms with Crippen LogP contribution in [-0.4, -0.2) is 15.2 Å². The Bertz CT molecular complexity index is 556. The predicted octanol–water partition coefficient (Wildman–Crippen LogP) is -1.20. The van der Waals surface area contributed by atoms with Gasteiger partial charge in [0.25, 0.3) is 11.2 Å². The van der Waals surface area contributed by atoms with Crippen molar-refractivity contribution in [1.82, 2.24) is 10.3 Å². The number of hydrogen-bond acceptors (Lipinski definition) is 6. The van der Waals surface area contributed by atoms with Gasteiger partial charge in [-0.05, 0) is 6.07 Å². The first-order valence-corrected chi connectivity index (χ1v) is 3.74. The van der Waals surface area contributed by atoms with Gasteiger partial charge in [0.05, 0.1) is 16.1 Å². The molecule has 1 aromatic heterocycles. The van der Waals surface area contributed by atoms with Crippen molar-refractivity contribution in [2.24, 2.45) is 0 Å². The Hall–Kier alpha value is -2.58. The summed E-state index contributed by atoms with van der Waals surface area (Å²) >= 11 is 0. The number of nitrogens with zero attached hydrogens (tertiary/aromatic N) is 5. The van der Waals surface area contributed by atoms with E-state index >= 15 is 0 Å². The molecule has 2 aromatic rings. The molecule has 1 heterocycles. The molecule has 0 spiro atoms. The predicted molar refractivity (Wildman–Crippen MR) is 44.1 cm³/mol. The lowest BCUT2D eigenvalue weighted by molar-refractivity contribution is -0.863. The highest BCUT2D eigenvalue weighted by molar-refractivity contribution is 5.72. The van der Waals surface area contributed by atoms with Crippen LogP contribution >= 0.6 is 0 Å². The third-order valence-corrected chi connectivity index (χ3v) is 1.73. The number of benzene rings is 1. The molecule has 0 aliphatic heterocycles. The van der Waals surface area contributed by atoms with Crippen LogP contribution in [0.1, 0.15) is 0 Å². The molecule has 0 bridgehead atoms. The topological polar surface area (TPSA) is 123 Å². The smallest absolute Gasteiger partial charge is 0.326 e. The second-order valence-corrected chi connectivity index (χ2v) is 2.65. The first kappa shape index (κ1) is 8.99. The van der Waals surface area contributed by atoms with E-state index in [1.54, 1.807) is 0 Å². The largest absolute Gasteiger partial charge is 0.590 e. The Kier molecular flexibility index (Phi) is 1.78. The van der Waals surface area contributed by atoms with E-state index in [-0.39, 0.29) is 26.5 Å². The van der Waals surface area contributed by atoms with Crippen LogP contribution in [0.2, 0.25) is 0 Å². The maximum atomic E-state index is 11.1. The molecule has 15 heavy (non-hydrogen) atoms. The molecule has 0 unspecified atom stereocenters. The van der Waals surface area contributed by atoms with Crippen LogP contribution in [-0.2, 0) is 0 Å². The Morgan fingerprint density at radius 2 is 2.07 bits per heavy atom. The molecule has 0 saturated heterocycles. The van der Waals surface area contributed by atoms with E-state index in [2.05, 4.69) is 10.3 Å². The highest BCUT2D eigenvalue weighted by atomic mass is 16.8. The van der Waals surface area contributed by atoms with Crippen LogP contribution in [0.5, 0.6) is 0 Å². The molecule has 0 aliphatic rings. The molecule has 9 nitrogen and oxygen atoms in total. The maximum absolute atomic E-state index is 11.1. The number of hydrogen-bond donors (Lipinski definition) is 0. The highest BCUT2D eigenvalue weighted by Gasteiger charge is 2.17. The average molecular weight is 210 g/mol. The van der Waals surface area contributed by atoms with Gasteiger partial charge < -0.3 is 10.4 Å². The van der Waals surface area contributed by atoms with Gasteiger partial charge in [-0.2, -0.15) is 0 Å². The van der Waals surface area contributed by atoms with Crippen molar-refractivity contribution < 1.29 is 14.7 Å².